The third kappa shape index (κ3) is 3.54. The Morgan fingerprint density at radius 2 is 1.94 bits per heavy atom. The highest BCUT2D eigenvalue weighted by molar-refractivity contribution is 6.06. The molecule has 0 fully saturated rings. The minimum atomic E-state index is -1.25. The number of hydrogen-bond acceptors (Lipinski definition) is 3. The van der Waals surface area contributed by atoms with Gasteiger partial charge < -0.3 is 9.96 Å². The Morgan fingerprint density at radius 1 is 1.33 bits per heavy atom. The maximum atomic E-state index is 13.4. The molecule has 1 rings (SSSR count). The van der Waals surface area contributed by atoms with Crippen molar-refractivity contribution in [2.24, 2.45) is 0 Å². The summed E-state index contributed by atoms with van der Waals surface area (Å²) in [6.45, 7) is 0. The molecular weight excluding hydrogens is 246 g/mol. The van der Waals surface area contributed by atoms with Crippen molar-refractivity contribution in [3.8, 4) is 0 Å². The summed E-state index contributed by atoms with van der Waals surface area (Å²) < 4.78 is 43.5. The normalized spacial score (nSPS) is 11.2. The second-order valence-electron chi connectivity index (χ2n) is 3.48. The van der Waals surface area contributed by atoms with Crippen LogP contribution in [0.3, 0.4) is 0 Å². The first kappa shape index (κ1) is 14.1. The lowest BCUT2D eigenvalue weighted by Crippen LogP contribution is -2.14. The zero-order valence-electron chi connectivity index (χ0n) is 9.89. The van der Waals surface area contributed by atoms with Crippen LogP contribution in [0.1, 0.15) is 5.56 Å². The molecule has 0 aromatic heterocycles. The number of allylic oxidation sites excluding steroid dienone is 1. The van der Waals surface area contributed by atoms with Gasteiger partial charge in [-0.3, -0.25) is 0 Å². The van der Waals surface area contributed by atoms with Crippen molar-refractivity contribution in [2.75, 3.05) is 7.11 Å². The first-order chi connectivity index (χ1) is 8.47. The Balaban J connectivity index is 2.99. The highest BCUT2D eigenvalue weighted by atomic mass is 19.2. The number of carbonyl (C=O) groups excluding carboxylic acids is 1. The Kier molecular flexibility index (Phi) is 4.82. The van der Waals surface area contributed by atoms with E-state index in [-0.39, 0.29) is 12.0 Å². The van der Waals surface area contributed by atoms with Gasteiger partial charge in [-0.25, -0.2) is 18.0 Å². The molecule has 7 heteroatoms. The maximum Gasteiger partial charge on any atom is 0.332 e. The van der Waals surface area contributed by atoms with E-state index in [1.807, 2.05) is 0 Å². The van der Waals surface area contributed by atoms with E-state index >= 15 is 0 Å². The standard InChI is InChI=1S/C11H11BF3NO2/c1-18-11(17)4-7(16-12)2-6-3-9(14)10(15)5-8(6)13/h3-5,16H,2,12H2,1H3/b7-4-. The highest BCUT2D eigenvalue weighted by Gasteiger charge is 2.11. The molecule has 3 nitrogen and oxygen atoms in total. The first-order valence-electron chi connectivity index (χ1n) is 5.07. The number of rotatable bonds is 4. The molecular formula is C11H11BF3NO2. The largest absolute Gasteiger partial charge is 0.466 e. The molecule has 0 amide bonds. The van der Waals surface area contributed by atoms with Gasteiger partial charge in [-0.05, 0) is 11.6 Å². The Bertz CT molecular complexity index is 491. The molecule has 0 aliphatic heterocycles. The van der Waals surface area contributed by atoms with Crippen LogP contribution in [0.15, 0.2) is 23.9 Å². The fraction of sp³-hybridized carbons (Fsp3) is 0.182. The van der Waals surface area contributed by atoms with Gasteiger partial charge in [0, 0.05) is 24.3 Å². The number of carbonyl (C=O) groups is 1. The third-order valence-corrected chi connectivity index (χ3v) is 2.28. The molecule has 0 atom stereocenters. The van der Waals surface area contributed by atoms with Crippen LogP contribution >= 0.6 is 0 Å². The second-order valence-corrected chi connectivity index (χ2v) is 3.48. The number of methoxy groups -OCH3 is 1. The number of esters is 1. The number of halogens is 3. The molecule has 0 saturated carbocycles. The van der Waals surface area contributed by atoms with Crippen LogP contribution < -0.4 is 5.23 Å². The lowest BCUT2D eigenvalue weighted by molar-refractivity contribution is -0.134. The molecule has 0 saturated heterocycles. The number of benzene rings is 1. The van der Waals surface area contributed by atoms with E-state index in [4.69, 9.17) is 0 Å². The van der Waals surface area contributed by atoms with E-state index in [0.29, 0.717) is 11.8 Å². The summed E-state index contributed by atoms with van der Waals surface area (Å²) in [5.74, 6) is -3.89. The van der Waals surface area contributed by atoms with E-state index in [2.05, 4.69) is 9.96 Å². The lowest BCUT2D eigenvalue weighted by Gasteiger charge is -2.08. The minimum absolute atomic E-state index is 0.0570. The Hall–Kier alpha value is -1.92. The lowest BCUT2D eigenvalue weighted by atomic mass is 10.1. The van der Waals surface area contributed by atoms with Crippen LogP contribution in [-0.2, 0) is 16.0 Å². The van der Waals surface area contributed by atoms with E-state index in [1.165, 1.54) is 15.1 Å². The quantitative estimate of drug-likeness (QED) is 0.376. The van der Waals surface area contributed by atoms with Gasteiger partial charge in [0.25, 0.3) is 0 Å². The molecule has 0 aliphatic carbocycles. The molecule has 1 aromatic rings. The molecule has 96 valence electrons. The molecule has 18 heavy (non-hydrogen) atoms. The average molecular weight is 257 g/mol. The average Bonchev–Trinajstić information content (AvgIpc) is 2.34. The van der Waals surface area contributed by atoms with E-state index < -0.39 is 23.4 Å². The van der Waals surface area contributed by atoms with Crippen molar-refractivity contribution >= 4 is 14.0 Å². The summed E-state index contributed by atoms with van der Waals surface area (Å²) >= 11 is 0. The third-order valence-electron chi connectivity index (χ3n) is 2.28. The van der Waals surface area contributed by atoms with E-state index in [9.17, 15) is 18.0 Å². The zero-order valence-corrected chi connectivity index (χ0v) is 9.89. The highest BCUT2D eigenvalue weighted by Crippen LogP contribution is 2.16. The summed E-state index contributed by atoms with van der Waals surface area (Å²) in [6, 6.07) is 1.23. The second kappa shape index (κ2) is 6.14. The van der Waals surface area contributed by atoms with Gasteiger partial charge in [-0.1, -0.05) is 0 Å². The number of hydrogen-bond donors (Lipinski definition) is 1. The fourth-order valence-electron chi connectivity index (χ4n) is 1.32. The summed E-state index contributed by atoms with van der Waals surface area (Å²) in [5.41, 5.74) is 0.269. The first-order valence-corrected chi connectivity index (χ1v) is 5.07. The van der Waals surface area contributed by atoms with E-state index in [1.54, 1.807) is 0 Å². The van der Waals surface area contributed by atoms with Crippen LogP contribution in [0.4, 0.5) is 13.2 Å². The topological polar surface area (TPSA) is 38.3 Å². The van der Waals surface area contributed by atoms with Gasteiger partial charge in [-0.15, -0.1) is 0 Å². The molecule has 0 bridgehead atoms. The van der Waals surface area contributed by atoms with Crippen LogP contribution in [0.5, 0.6) is 0 Å². The zero-order chi connectivity index (χ0) is 13.7. The molecule has 0 unspecified atom stereocenters. The van der Waals surface area contributed by atoms with Crippen LogP contribution in [0, 0.1) is 17.5 Å². The van der Waals surface area contributed by atoms with Crippen LogP contribution in [-0.4, -0.2) is 21.1 Å². The van der Waals surface area contributed by atoms with Gasteiger partial charge in [0.15, 0.2) is 11.6 Å². The molecule has 0 radical (unpaired) electrons. The van der Waals surface area contributed by atoms with Crippen molar-refractivity contribution in [1.82, 2.24) is 5.23 Å². The molecule has 0 spiro atoms. The molecule has 1 aromatic carbocycles. The smallest absolute Gasteiger partial charge is 0.332 e. The van der Waals surface area contributed by atoms with Crippen molar-refractivity contribution in [3.63, 3.8) is 0 Å². The summed E-state index contributed by atoms with van der Waals surface area (Å²) in [4.78, 5) is 11.0. The number of ether oxygens (including phenoxy) is 1. The van der Waals surface area contributed by atoms with Gasteiger partial charge in [0.1, 0.15) is 5.82 Å². The summed E-state index contributed by atoms with van der Waals surface area (Å²) in [5, 5.41) is 2.65. The van der Waals surface area contributed by atoms with Crippen molar-refractivity contribution in [3.05, 3.63) is 46.9 Å². The predicted molar refractivity (Wildman–Crippen MR) is 61.8 cm³/mol. The number of nitrogens with one attached hydrogen (secondary N) is 1. The van der Waals surface area contributed by atoms with Crippen LogP contribution in [0.2, 0.25) is 0 Å². The minimum Gasteiger partial charge on any atom is -0.466 e. The van der Waals surface area contributed by atoms with Gasteiger partial charge in [0.2, 0.25) is 7.98 Å². The summed E-state index contributed by atoms with van der Waals surface area (Å²) in [6.07, 6.45) is 1.04. The van der Waals surface area contributed by atoms with Crippen molar-refractivity contribution in [2.45, 2.75) is 6.42 Å². The maximum absolute atomic E-state index is 13.4. The van der Waals surface area contributed by atoms with Crippen molar-refractivity contribution < 1.29 is 22.7 Å². The van der Waals surface area contributed by atoms with Gasteiger partial charge in [0.05, 0.1) is 7.11 Å². The van der Waals surface area contributed by atoms with Crippen LogP contribution in [0.25, 0.3) is 0 Å². The monoisotopic (exact) mass is 257 g/mol. The Labute approximate surface area is 103 Å². The molecule has 1 N–H and O–H groups in total. The predicted octanol–water partition coefficient (Wildman–Crippen LogP) is 0.841. The SMILES string of the molecule is BN/C(=C\C(=O)OC)Cc1cc(F)c(F)cc1F. The van der Waals surface area contributed by atoms with Gasteiger partial charge in [-0.2, -0.15) is 0 Å². The van der Waals surface area contributed by atoms with Gasteiger partial charge >= 0.3 is 5.97 Å². The molecule has 0 heterocycles. The Morgan fingerprint density at radius 3 is 2.50 bits per heavy atom. The van der Waals surface area contributed by atoms with Crippen molar-refractivity contribution in [1.29, 1.82) is 0 Å². The fourth-order valence-corrected chi connectivity index (χ4v) is 1.32. The molecule has 0 aliphatic rings. The van der Waals surface area contributed by atoms with E-state index in [0.717, 1.165) is 12.1 Å². The summed E-state index contributed by atoms with van der Waals surface area (Å²) in [7, 11) is 2.72.